The second-order valence-corrected chi connectivity index (χ2v) is 6.99. The van der Waals surface area contributed by atoms with Crippen molar-refractivity contribution >= 4 is 28.2 Å². The minimum atomic E-state index is -0.502. The number of rotatable bonds is 7. The zero-order chi connectivity index (χ0) is 20.1. The van der Waals surface area contributed by atoms with Crippen molar-refractivity contribution in [1.82, 2.24) is 9.78 Å². The molecule has 0 aliphatic carbocycles. The Labute approximate surface area is 165 Å². The number of benzene rings is 1. The van der Waals surface area contributed by atoms with Gasteiger partial charge < -0.3 is 19.5 Å². The first kappa shape index (κ1) is 19.4. The molecule has 2 heterocycles. The summed E-state index contributed by atoms with van der Waals surface area (Å²) < 4.78 is 17.0. The summed E-state index contributed by atoms with van der Waals surface area (Å²) in [5.74, 6) is 0.466. The summed E-state index contributed by atoms with van der Waals surface area (Å²) in [5.41, 5.74) is 0.529. The molecule has 2 aromatic heterocycles. The highest BCUT2D eigenvalue weighted by molar-refractivity contribution is 7.16. The highest BCUT2D eigenvalue weighted by Crippen LogP contribution is 2.28. The van der Waals surface area contributed by atoms with Gasteiger partial charge in [0.15, 0.2) is 12.4 Å². The van der Waals surface area contributed by atoms with Crippen LogP contribution in [0.15, 0.2) is 42.6 Å². The molecule has 8 nitrogen and oxygen atoms in total. The summed E-state index contributed by atoms with van der Waals surface area (Å²) in [6.07, 6.45) is 1.64. The fraction of sp³-hybridized carbons (Fsp3) is 0.211. The van der Waals surface area contributed by atoms with E-state index in [2.05, 4.69) is 10.4 Å². The van der Waals surface area contributed by atoms with E-state index in [-0.39, 0.29) is 12.4 Å². The van der Waals surface area contributed by atoms with Crippen LogP contribution in [0.4, 0.5) is 5.00 Å². The van der Waals surface area contributed by atoms with Crippen molar-refractivity contribution in [2.75, 3.05) is 19.5 Å². The van der Waals surface area contributed by atoms with Crippen molar-refractivity contribution in [3.8, 4) is 11.5 Å². The normalized spacial score (nSPS) is 10.4. The molecule has 0 atom stereocenters. The maximum Gasteiger partial charge on any atom is 0.340 e. The van der Waals surface area contributed by atoms with Gasteiger partial charge >= 0.3 is 5.97 Å². The number of aromatic nitrogens is 2. The largest absolute Gasteiger partial charge is 0.497 e. The quantitative estimate of drug-likeness (QED) is 0.611. The Bertz CT molecular complexity index is 978. The van der Waals surface area contributed by atoms with Crippen LogP contribution in [-0.2, 0) is 11.5 Å². The average Bonchev–Trinajstić information content (AvgIpc) is 3.32. The van der Waals surface area contributed by atoms with Gasteiger partial charge in [0, 0.05) is 11.1 Å². The predicted molar refractivity (Wildman–Crippen MR) is 104 cm³/mol. The van der Waals surface area contributed by atoms with Crippen LogP contribution in [0.5, 0.6) is 11.5 Å². The predicted octanol–water partition coefficient (Wildman–Crippen LogP) is 3.34. The molecule has 146 valence electrons. The first-order chi connectivity index (χ1) is 13.5. The zero-order valence-corrected chi connectivity index (χ0v) is 16.4. The van der Waals surface area contributed by atoms with Crippen LogP contribution in [0.25, 0.3) is 0 Å². The van der Waals surface area contributed by atoms with E-state index in [0.29, 0.717) is 16.3 Å². The van der Waals surface area contributed by atoms with Crippen LogP contribution in [0, 0.1) is 6.92 Å². The number of hydrogen-bond donors (Lipinski definition) is 1. The number of ether oxygens (including phenoxy) is 3. The average molecular weight is 401 g/mol. The van der Waals surface area contributed by atoms with Crippen molar-refractivity contribution in [1.29, 1.82) is 0 Å². The standard InChI is InChI=1S/C19H19N3O5S/c1-12-10-15(19(24)26-3)18(28-12)20-17(23)16-8-9-22(21-16)11-27-14-6-4-13(25-2)5-7-14/h4-10H,11H2,1-3H3,(H,20,23). The SMILES string of the molecule is COC(=O)c1cc(C)sc1NC(=O)c1ccn(COc2ccc(OC)cc2)n1. The molecule has 0 spiro atoms. The van der Waals surface area contributed by atoms with Gasteiger partial charge in [-0.25, -0.2) is 9.48 Å². The monoisotopic (exact) mass is 401 g/mol. The number of esters is 1. The van der Waals surface area contributed by atoms with Gasteiger partial charge in [-0.1, -0.05) is 0 Å². The molecule has 9 heteroatoms. The Morgan fingerprint density at radius 3 is 2.54 bits per heavy atom. The van der Waals surface area contributed by atoms with E-state index >= 15 is 0 Å². The van der Waals surface area contributed by atoms with Gasteiger partial charge in [-0.15, -0.1) is 11.3 Å². The van der Waals surface area contributed by atoms with Gasteiger partial charge in [0.2, 0.25) is 0 Å². The summed E-state index contributed by atoms with van der Waals surface area (Å²) >= 11 is 1.30. The molecule has 0 fully saturated rings. The van der Waals surface area contributed by atoms with E-state index in [1.54, 1.807) is 49.7 Å². The molecule has 1 aromatic carbocycles. The Kier molecular flexibility index (Phi) is 5.95. The zero-order valence-electron chi connectivity index (χ0n) is 15.6. The van der Waals surface area contributed by atoms with E-state index in [4.69, 9.17) is 14.2 Å². The lowest BCUT2D eigenvalue weighted by molar-refractivity contribution is 0.0602. The first-order valence-corrected chi connectivity index (χ1v) is 9.12. The third-order valence-corrected chi connectivity index (χ3v) is 4.75. The molecule has 28 heavy (non-hydrogen) atoms. The second-order valence-electron chi connectivity index (χ2n) is 5.73. The molecule has 0 radical (unpaired) electrons. The van der Waals surface area contributed by atoms with Crippen molar-refractivity contribution in [2.24, 2.45) is 0 Å². The topological polar surface area (TPSA) is 91.7 Å². The van der Waals surface area contributed by atoms with Crippen molar-refractivity contribution < 1.29 is 23.8 Å². The minimum absolute atomic E-state index is 0.144. The fourth-order valence-electron chi connectivity index (χ4n) is 2.40. The Hall–Kier alpha value is -3.33. The van der Waals surface area contributed by atoms with E-state index in [9.17, 15) is 9.59 Å². The molecule has 1 N–H and O–H groups in total. The number of hydrogen-bond acceptors (Lipinski definition) is 7. The second kappa shape index (κ2) is 8.57. The molecule has 0 saturated carbocycles. The van der Waals surface area contributed by atoms with Gasteiger partial charge in [-0.05, 0) is 43.3 Å². The van der Waals surface area contributed by atoms with E-state index in [1.165, 1.54) is 23.1 Å². The van der Waals surface area contributed by atoms with E-state index < -0.39 is 11.9 Å². The molecule has 0 unspecified atom stereocenters. The summed E-state index contributed by atoms with van der Waals surface area (Å²) in [6.45, 7) is 1.99. The molecule has 0 aliphatic heterocycles. The van der Waals surface area contributed by atoms with Crippen molar-refractivity contribution in [2.45, 2.75) is 13.7 Å². The van der Waals surface area contributed by atoms with Crippen LogP contribution in [0.3, 0.4) is 0 Å². The number of amides is 1. The van der Waals surface area contributed by atoms with Crippen LogP contribution in [0.1, 0.15) is 25.7 Å². The third-order valence-electron chi connectivity index (χ3n) is 3.78. The number of nitrogens with one attached hydrogen (secondary N) is 1. The minimum Gasteiger partial charge on any atom is -0.497 e. The van der Waals surface area contributed by atoms with Crippen LogP contribution >= 0.6 is 11.3 Å². The molecular weight excluding hydrogens is 382 g/mol. The number of methoxy groups -OCH3 is 2. The lowest BCUT2D eigenvalue weighted by Crippen LogP contribution is -2.15. The maximum atomic E-state index is 12.5. The third kappa shape index (κ3) is 4.49. The Morgan fingerprint density at radius 1 is 1.14 bits per heavy atom. The molecule has 3 rings (SSSR count). The number of carbonyl (C=O) groups is 2. The molecule has 0 saturated heterocycles. The fourth-order valence-corrected chi connectivity index (χ4v) is 3.30. The number of anilines is 1. The van der Waals surface area contributed by atoms with Crippen molar-refractivity contribution in [3.05, 3.63) is 58.7 Å². The summed E-state index contributed by atoms with van der Waals surface area (Å²) in [4.78, 5) is 25.2. The maximum absolute atomic E-state index is 12.5. The summed E-state index contributed by atoms with van der Waals surface area (Å²) in [6, 6.07) is 10.4. The van der Waals surface area contributed by atoms with E-state index in [0.717, 1.165) is 10.6 Å². The van der Waals surface area contributed by atoms with Crippen LogP contribution in [-0.4, -0.2) is 35.9 Å². The van der Waals surface area contributed by atoms with Crippen molar-refractivity contribution in [3.63, 3.8) is 0 Å². The van der Waals surface area contributed by atoms with Gasteiger partial charge in [-0.3, -0.25) is 4.79 Å². The first-order valence-electron chi connectivity index (χ1n) is 8.30. The van der Waals surface area contributed by atoms with Gasteiger partial charge in [0.1, 0.15) is 16.5 Å². The lowest BCUT2D eigenvalue weighted by atomic mass is 10.3. The number of aryl methyl sites for hydroxylation is 1. The van der Waals surface area contributed by atoms with Gasteiger partial charge in [0.25, 0.3) is 5.91 Å². The van der Waals surface area contributed by atoms with E-state index in [1.807, 2.05) is 6.92 Å². The van der Waals surface area contributed by atoms with Gasteiger partial charge in [-0.2, -0.15) is 5.10 Å². The number of carbonyl (C=O) groups excluding carboxylic acids is 2. The van der Waals surface area contributed by atoms with Crippen LogP contribution in [0.2, 0.25) is 0 Å². The number of nitrogens with zero attached hydrogens (tertiary/aromatic N) is 2. The number of thiophene rings is 1. The summed E-state index contributed by atoms with van der Waals surface area (Å²) in [7, 11) is 2.89. The molecule has 1 amide bonds. The van der Waals surface area contributed by atoms with Crippen LogP contribution < -0.4 is 14.8 Å². The molecule has 0 aliphatic rings. The molecule has 0 bridgehead atoms. The lowest BCUT2D eigenvalue weighted by Gasteiger charge is -2.07. The molecule has 3 aromatic rings. The summed E-state index contributed by atoms with van der Waals surface area (Å²) in [5, 5.41) is 7.34. The Morgan fingerprint density at radius 2 is 1.86 bits per heavy atom. The highest BCUT2D eigenvalue weighted by Gasteiger charge is 2.19. The van der Waals surface area contributed by atoms with Gasteiger partial charge in [0.05, 0.1) is 19.8 Å². The highest BCUT2D eigenvalue weighted by atomic mass is 32.1. The molecular formula is C19H19N3O5S. The Balaban J connectivity index is 1.63. The smallest absolute Gasteiger partial charge is 0.340 e.